The average molecular weight is 407 g/mol. The molecule has 0 radical (unpaired) electrons. The van der Waals surface area contributed by atoms with Crippen molar-refractivity contribution in [3.8, 4) is 17.4 Å². The molecule has 0 spiro atoms. The number of hydrogen-bond donors (Lipinski definition) is 1. The van der Waals surface area contributed by atoms with Gasteiger partial charge in [-0.3, -0.25) is 4.79 Å². The van der Waals surface area contributed by atoms with Crippen molar-refractivity contribution in [2.75, 3.05) is 12.4 Å². The van der Waals surface area contributed by atoms with Crippen LogP contribution in [0.4, 0.5) is 5.69 Å². The second-order valence-electron chi connectivity index (χ2n) is 5.91. The smallest absolute Gasteiger partial charge is 0.337 e. The van der Waals surface area contributed by atoms with Crippen molar-refractivity contribution < 1.29 is 18.7 Å². The molecule has 1 heterocycles. The van der Waals surface area contributed by atoms with Gasteiger partial charge in [-0.25, -0.2) is 4.79 Å². The summed E-state index contributed by atoms with van der Waals surface area (Å²) in [6, 6.07) is 18.5. The van der Waals surface area contributed by atoms with Gasteiger partial charge in [0.1, 0.15) is 23.2 Å². The van der Waals surface area contributed by atoms with E-state index < -0.39 is 11.9 Å². The van der Waals surface area contributed by atoms with E-state index in [1.54, 1.807) is 42.5 Å². The van der Waals surface area contributed by atoms with Gasteiger partial charge < -0.3 is 14.5 Å². The fraction of sp³-hybridized carbons (Fsp3) is 0.0455. The molecule has 0 aliphatic heterocycles. The van der Waals surface area contributed by atoms with Crippen LogP contribution in [0.1, 0.15) is 16.1 Å². The molecule has 6 nitrogen and oxygen atoms in total. The third-order valence-corrected chi connectivity index (χ3v) is 4.19. The van der Waals surface area contributed by atoms with Crippen molar-refractivity contribution in [1.29, 1.82) is 5.26 Å². The van der Waals surface area contributed by atoms with Crippen molar-refractivity contribution in [2.24, 2.45) is 0 Å². The summed E-state index contributed by atoms with van der Waals surface area (Å²) in [6.45, 7) is 0. The first-order valence-corrected chi connectivity index (χ1v) is 8.85. The number of methoxy groups -OCH3 is 1. The molecule has 0 unspecified atom stereocenters. The molecule has 0 bridgehead atoms. The van der Waals surface area contributed by atoms with E-state index in [2.05, 4.69) is 10.1 Å². The lowest BCUT2D eigenvalue weighted by atomic mass is 10.2. The normalized spacial score (nSPS) is 10.9. The SMILES string of the molecule is COC(=O)c1ccc(NC(=O)/C(C#N)=C/c2ccc(-c3cccc(Cl)c3)o2)cc1. The van der Waals surface area contributed by atoms with E-state index in [1.165, 1.54) is 25.3 Å². The fourth-order valence-electron chi connectivity index (χ4n) is 2.52. The molecule has 29 heavy (non-hydrogen) atoms. The number of halogens is 1. The lowest BCUT2D eigenvalue weighted by molar-refractivity contribution is -0.112. The molecular weight excluding hydrogens is 392 g/mol. The van der Waals surface area contributed by atoms with Crippen molar-refractivity contribution in [1.82, 2.24) is 0 Å². The van der Waals surface area contributed by atoms with Gasteiger partial charge in [0.05, 0.1) is 12.7 Å². The summed E-state index contributed by atoms with van der Waals surface area (Å²) >= 11 is 5.99. The summed E-state index contributed by atoms with van der Waals surface area (Å²) in [7, 11) is 1.29. The standard InChI is InChI=1S/C22H15ClN2O4/c1-28-22(27)14-5-7-18(8-6-14)25-21(26)16(13-24)12-19-9-10-20(29-19)15-3-2-4-17(23)11-15/h2-12H,1H3,(H,25,26)/b16-12+. The van der Waals surface area contributed by atoms with E-state index in [0.717, 1.165) is 5.56 Å². The maximum atomic E-state index is 12.4. The van der Waals surface area contributed by atoms with Crippen LogP contribution in [0.2, 0.25) is 5.02 Å². The second-order valence-corrected chi connectivity index (χ2v) is 6.34. The molecule has 0 atom stereocenters. The van der Waals surface area contributed by atoms with Gasteiger partial charge >= 0.3 is 5.97 Å². The summed E-state index contributed by atoms with van der Waals surface area (Å²) in [5.41, 5.74) is 1.44. The maximum Gasteiger partial charge on any atom is 0.337 e. The Balaban J connectivity index is 1.75. The van der Waals surface area contributed by atoms with Crippen LogP contribution in [-0.2, 0) is 9.53 Å². The lowest BCUT2D eigenvalue weighted by Gasteiger charge is -2.05. The molecule has 0 aliphatic rings. The first kappa shape index (κ1) is 19.9. The third-order valence-electron chi connectivity index (χ3n) is 3.95. The van der Waals surface area contributed by atoms with Crippen LogP contribution in [0.25, 0.3) is 17.4 Å². The number of esters is 1. The first-order chi connectivity index (χ1) is 14.0. The number of carbonyl (C=O) groups is 2. The third kappa shape index (κ3) is 4.92. The Morgan fingerprint density at radius 2 is 1.90 bits per heavy atom. The highest BCUT2D eigenvalue weighted by Crippen LogP contribution is 2.26. The number of nitriles is 1. The highest BCUT2D eigenvalue weighted by atomic mass is 35.5. The van der Waals surface area contributed by atoms with Crippen molar-refractivity contribution >= 4 is 35.2 Å². The molecule has 7 heteroatoms. The molecule has 0 aliphatic carbocycles. The van der Waals surface area contributed by atoms with Gasteiger partial charge in [-0.15, -0.1) is 0 Å². The monoisotopic (exact) mass is 406 g/mol. The van der Waals surface area contributed by atoms with Gasteiger partial charge in [0.2, 0.25) is 0 Å². The summed E-state index contributed by atoms with van der Waals surface area (Å²) in [4.78, 5) is 23.8. The van der Waals surface area contributed by atoms with E-state index in [-0.39, 0.29) is 5.57 Å². The average Bonchev–Trinajstić information content (AvgIpc) is 3.20. The van der Waals surface area contributed by atoms with Crippen LogP contribution in [-0.4, -0.2) is 19.0 Å². The van der Waals surface area contributed by atoms with E-state index in [4.69, 9.17) is 16.0 Å². The zero-order valence-corrected chi connectivity index (χ0v) is 16.1. The Hall–Kier alpha value is -3.82. The van der Waals surface area contributed by atoms with Gasteiger partial charge in [-0.1, -0.05) is 23.7 Å². The highest BCUT2D eigenvalue weighted by Gasteiger charge is 2.12. The summed E-state index contributed by atoms with van der Waals surface area (Å²) in [5.74, 6) is -0.157. The Labute approximate surface area is 172 Å². The minimum Gasteiger partial charge on any atom is -0.465 e. The molecule has 3 aromatic rings. The second kappa shape index (κ2) is 8.91. The van der Waals surface area contributed by atoms with Crippen molar-refractivity contribution in [2.45, 2.75) is 0 Å². The van der Waals surface area contributed by atoms with E-state index >= 15 is 0 Å². The quantitative estimate of drug-likeness (QED) is 0.368. The van der Waals surface area contributed by atoms with Crippen LogP contribution >= 0.6 is 11.6 Å². The number of ether oxygens (including phenoxy) is 1. The number of nitrogens with one attached hydrogen (secondary N) is 1. The van der Waals surface area contributed by atoms with E-state index in [1.807, 2.05) is 12.1 Å². The number of rotatable bonds is 5. The molecule has 0 saturated carbocycles. The number of benzene rings is 2. The van der Waals surface area contributed by atoms with Crippen molar-refractivity contribution in [3.63, 3.8) is 0 Å². The van der Waals surface area contributed by atoms with E-state index in [9.17, 15) is 14.9 Å². The lowest BCUT2D eigenvalue weighted by Crippen LogP contribution is -2.13. The number of amides is 1. The topological polar surface area (TPSA) is 92.3 Å². The Morgan fingerprint density at radius 3 is 2.55 bits per heavy atom. The molecule has 1 N–H and O–H groups in total. The molecule has 1 amide bonds. The summed E-state index contributed by atoms with van der Waals surface area (Å²) < 4.78 is 10.3. The largest absolute Gasteiger partial charge is 0.465 e. The fourth-order valence-corrected chi connectivity index (χ4v) is 2.71. The first-order valence-electron chi connectivity index (χ1n) is 8.47. The van der Waals surface area contributed by atoms with E-state index in [0.29, 0.717) is 27.8 Å². The number of carbonyl (C=O) groups excluding carboxylic acids is 2. The zero-order valence-electron chi connectivity index (χ0n) is 15.3. The molecule has 144 valence electrons. The number of hydrogen-bond acceptors (Lipinski definition) is 5. The predicted octanol–water partition coefficient (Wildman–Crippen LogP) is 4.93. The molecule has 1 aromatic heterocycles. The Kier molecular flexibility index (Phi) is 6.12. The molecule has 0 saturated heterocycles. The van der Waals surface area contributed by atoms with Crippen LogP contribution in [0, 0.1) is 11.3 Å². The Morgan fingerprint density at radius 1 is 1.14 bits per heavy atom. The molecule has 3 rings (SSSR count). The van der Waals surface area contributed by atoms with Crippen LogP contribution in [0.15, 0.2) is 70.7 Å². The minimum atomic E-state index is -0.598. The minimum absolute atomic E-state index is 0.131. The van der Waals surface area contributed by atoms with Gasteiger partial charge in [-0.2, -0.15) is 5.26 Å². The highest BCUT2D eigenvalue weighted by molar-refractivity contribution is 6.30. The number of nitrogens with zero attached hydrogens (tertiary/aromatic N) is 1. The predicted molar refractivity (Wildman–Crippen MR) is 109 cm³/mol. The molecular formula is C22H15ClN2O4. The van der Waals surface area contributed by atoms with Crippen LogP contribution in [0.5, 0.6) is 0 Å². The summed E-state index contributed by atoms with van der Waals surface area (Å²) in [6.07, 6.45) is 1.35. The van der Waals surface area contributed by atoms with Gasteiger partial charge in [-0.05, 0) is 48.5 Å². The number of furan rings is 1. The van der Waals surface area contributed by atoms with Crippen LogP contribution < -0.4 is 5.32 Å². The van der Waals surface area contributed by atoms with Crippen molar-refractivity contribution in [3.05, 3.63) is 82.6 Å². The molecule has 2 aromatic carbocycles. The number of anilines is 1. The van der Waals surface area contributed by atoms with Gasteiger partial charge in [0, 0.05) is 22.3 Å². The van der Waals surface area contributed by atoms with Crippen LogP contribution in [0.3, 0.4) is 0 Å². The maximum absolute atomic E-state index is 12.4. The Bertz CT molecular complexity index is 1120. The van der Waals surface area contributed by atoms with Gasteiger partial charge in [0.15, 0.2) is 0 Å². The van der Waals surface area contributed by atoms with Gasteiger partial charge in [0.25, 0.3) is 5.91 Å². The summed E-state index contributed by atoms with van der Waals surface area (Å²) in [5, 5.41) is 12.5. The molecule has 0 fully saturated rings. The zero-order chi connectivity index (χ0) is 20.8.